The molecule has 2 atom stereocenters. The lowest BCUT2D eigenvalue weighted by Gasteiger charge is -2.21. The first-order valence-electron chi connectivity index (χ1n) is 6.02. The summed E-state index contributed by atoms with van der Waals surface area (Å²) in [4.78, 5) is 15.6. The molecule has 0 radical (unpaired) electrons. The maximum absolute atomic E-state index is 12.9. The molecule has 0 spiro atoms. The Bertz CT molecular complexity index is 507. The van der Waals surface area contributed by atoms with Gasteiger partial charge in [0.1, 0.15) is 0 Å². The summed E-state index contributed by atoms with van der Waals surface area (Å²) in [6.45, 7) is 0.158. The van der Waals surface area contributed by atoms with Crippen LogP contribution in [0, 0.1) is 5.92 Å². The molecule has 20 heavy (non-hydrogen) atoms. The molecule has 0 unspecified atom stereocenters. The van der Waals surface area contributed by atoms with Gasteiger partial charge in [-0.25, -0.2) is 4.98 Å². The monoisotopic (exact) mass is 289 g/mol. The van der Waals surface area contributed by atoms with Crippen LogP contribution in [0.3, 0.4) is 0 Å². The summed E-state index contributed by atoms with van der Waals surface area (Å²) in [6, 6.07) is 2.70. The van der Waals surface area contributed by atoms with Gasteiger partial charge in [-0.05, 0) is 12.1 Å². The molecule has 0 bridgehead atoms. The molecule has 1 amide bonds. The van der Waals surface area contributed by atoms with E-state index in [-0.39, 0.29) is 25.2 Å². The number of carbonyl (C=O) groups excluding carboxylic acids is 1. The summed E-state index contributed by atoms with van der Waals surface area (Å²) in [5.41, 5.74) is 3.97. The van der Waals surface area contributed by atoms with E-state index < -0.39 is 29.8 Å². The van der Waals surface area contributed by atoms with Crippen molar-refractivity contribution in [3.05, 3.63) is 24.0 Å². The molecule has 3 N–H and O–H groups in total. The van der Waals surface area contributed by atoms with Crippen LogP contribution >= 0.6 is 0 Å². The maximum Gasteiger partial charge on any atom is 0.435 e. The number of β-amino-alcohol motifs (C(OH)–C–C–N with tert-alkyl or cyclic N) is 1. The van der Waals surface area contributed by atoms with Crippen LogP contribution in [0.15, 0.2) is 18.3 Å². The fraction of sp³-hybridized carbons (Fsp3) is 0.500. The number of carbonyl (C=O) groups is 1. The third-order valence-corrected chi connectivity index (χ3v) is 3.27. The van der Waals surface area contributed by atoms with Gasteiger partial charge in [0, 0.05) is 31.6 Å². The van der Waals surface area contributed by atoms with Crippen LogP contribution in [0.4, 0.5) is 18.9 Å². The Balaban J connectivity index is 2.24. The third-order valence-electron chi connectivity index (χ3n) is 3.27. The molecule has 2 heterocycles. The van der Waals surface area contributed by atoms with E-state index in [1.54, 1.807) is 0 Å². The van der Waals surface area contributed by atoms with E-state index >= 15 is 0 Å². The van der Waals surface area contributed by atoms with E-state index in [2.05, 4.69) is 4.98 Å². The number of hydrogen-bond acceptors (Lipinski definition) is 4. The quantitative estimate of drug-likeness (QED) is 0.861. The van der Waals surface area contributed by atoms with Crippen molar-refractivity contribution in [1.82, 2.24) is 4.98 Å². The van der Waals surface area contributed by atoms with Crippen molar-refractivity contribution in [3.8, 4) is 0 Å². The normalized spacial score (nSPS) is 23.1. The van der Waals surface area contributed by atoms with E-state index in [9.17, 15) is 23.1 Å². The first-order valence-corrected chi connectivity index (χ1v) is 6.02. The standard InChI is InChI=1S/C12H14F3N3O2/c13-12(14,15)11-8(2-1-3-17-11)18-5-7(4-10(16)20)9(19)6-18/h1-3,7,9,19H,4-6H2,(H2,16,20)/t7-,9-/m1/s1. The highest BCUT2D eigenvalue weighted by molar-refractivity contribution is 5.74. The minimum absolute atomic E-state index is 0.0206. The van der Waals surface area contributed by atoms with Gasteiger partial charge >= 0.3 is 6.18 Å². The Hall–Kier alpha value is -1.83. The van der Waals surface area contributed by atoms with Crippen molar-refractivity contribution in [2.75, 3.05) is 18.0 Å². The number of aromatic nitrogens is 1. The predicted molar refractivity (Wildman–Crippen MR) is 64.8 cm³/mol. The molecule has 1 fully saturated rings. The average Bonchev–Trinajstić information content (AvgIpc) is 2.69. The summed E-state index contributed by atoms with van der Waals surface area (Å²) >= 11 is 0. The first-order chi connectivity index (χ1) is 9.29. The molecular formula is C12H14F3N3O2. The van der Waals surface area contributed by atoms with Gasteiger partial charge in [0.25, 0.3) is 0 Å². The van der Waals surface area contributed by atoms with Gasteiger partial charge < -0.3 is 15.7 Å². The van der Waals surface area contributed by atoms with Gasteiger partial charge in [-0.2, -0.15) is 13.2 Å². The van der Waals surface area contributed by atoms with Crippen molar-refractivity contribution in [2.45, 2.75) is 18.7 Å². The number of amides is 1. The number of aliphatic hydroxyl groups is 1. The van der Waals surface area contributed by atoms with Gasteiger partial charge in [-0.15, -0.1) is 0 Å². The number of anilines is 1. The fourth-order valence-corrected chi connectivity index (χ4v) is 2.38. The lowest BCUT2D eigenvalue weighted by atomic mass is 10.0. The second-order valence-corrected chi connectivity index (χ2v) is 4.77. The molecule has 0 saturated carbocycles. The lowest BCUT2D eigenvalue weighted by Crippen LogP contribution is -2.25. The number of primary amides is 1. The van der Waals surface area contributed by atoms with Crippen LogP contribution in [-0.2, 0) is 11.0 Å². The number of alkyl halides is 3. The van der Waals surface area contributed by atoms with Crippen LogP contribution in [0.2, 0.25) is 0 Å². The van der Waals surface area contributed by atoms with Crippen molar-refractivity contribution >= 4 is 11.6 Å². The van der Waals surface area contributed by atoms with Crippen LogP contribution in [0.25, 0.3) is 0 Å². The molecule has 5 nitrogen and oxygen atoms in total. The van der Waals surface area contributed by atoms with Crippen LogP contribution < -0.4 is 10.6 Å². The number of rotatable bonds is 3. The highest BCUT2D eigenvalue weighted by Crippen LogP contribution is 2.36. The van der Waals surface area contributed by atoms with Crippen molar-refractivity contribution < 1.29 is 23.1 Å². The second kappa shape index (κ2) is 5.28. The average molecular weight is 289 g/mol. The zero-order valence-electron chi connectivity index (χ0n) is 10.5. The number of aliphatic hydroxyl groups excluding tert-OH is 1. The molecule has 1 saturated heterocycles. The Morgan fingerprint density at radius 3 is 2.80 bits per heavy atom. The molecule has 110 valence electrons. The number of hydrogen-bond donors (Lipinski definition) is 2. The Labute approximate surface area is 113 Å². The molecular weight excluding hydrogens is 275 g/mol. The van der Waals surface area contributed by atoms with E-state index in [0.717, 1.165) is 6.20 Å². The third kappa shape index (κ3) is 3.01. The van der Waals surface area contributed by atoms with E-state index in [0.29, 0.717) is 0 Å². The zero-order chi connectivity index (χ0) is 14.9. The SMILES string of the molecule is NC(=O)C[C@@H]1CN(c2cccnc2C(F)(F)F)C[C@H]1O. The van der Waals surface area contributed by atoms with Crippen LogP contribution in [0.1, 0.15) is 12.1 Å². The number of nitrogens with zero attached hydrogens (tertiary/aromatic N) is 2. The molecule has 0 aromatic carbocycles. The summed E-state index contributed by atoms with van der Waals surface area (Å²) in [7, 11) is 0. The number of halogens is 3. The minimum Gasteiger partial charge on any atom is -0.391 e. The second-order valence-electron chi connectivity index (χ2n) is 4.77. The molecule has 1 aliphatic rings. The van der Waals surface area contributed by atoms with Gasteiger partial charge in [0.15, 0.2) is 5.69 Å². The fourth-order valence-electron chi connectivity index (χ4n) is 2.38. The van der Waals surface area contributed by atoms with Crippen molar-refractivity contribution in [2.24, 2.45) is 11.7 Å². The molecule has 2 rings (SSSR count). The lowest BCUT2D eigenvalue weighted by molar-refractivity contribution is -0.140. The summed E-state index contributed by atoms with van der Waals surface area (Å²) in [6.07, 6.45) is -4.44. The molecule has 1 aromatic heterocycles. The van der Waals surface area contributed by atoms with Crippen molar-refractivity contribution in [1.29, 1.82) is 0 Å². The summed E-state index contributed by atoms with van der Waals surface area (Å²) in [5.74, 6) is -1.05. The van der Waals surface area contributed by atoms with Gasteiger partial charge in [-0.3, -0.25) is 4.79 Å². The minimum atomic E-state index is -4.57. The maximum atomic E-state index is 12.9. The summed E-state index contributed by atoms with van der Waals surface area (Å²) in [5, 5.41) is 9.81. The van der Waals surface area contributed by atoms with Gasteiger partial charge in [0.2, 0.25) is 5.91 Å². The van der Waals surface area contributed by atoms with Gasteiger partial charge in [0.05, 0.1) is 11.8 Å². The first kappa shape index (κ1) is 14.6. The van der Waals surface area contributed by atoms with E-state index in [4.69, 9.17) is 5.73 Å². The Morgan fingerprint density at radius 1 is 1.50 bits per heavy atom. The van der Waals surface area contributed by atoms with Crippen LogP contribution in [-0.4, -0.2) is 35.2 Å². The molecule has 0 aliphatic carbocycles. The van der Waals surface area contributed by atoms with Gasteiger partial charge in [-0.1, -0.05) is 0 Å². The Morgan fingerprint density at radius 2 is 2.20 bits per heavy atom. The van der Waals surface area contributed by atoms with Crippen LogP contribution in [0.5, 0.6) is 0 Å². The highest BCUT2D eigenvalue weighted by atomic mass is 19.4. The van der Waals surface area contributed by atoms with Crippen molar-refractivity contribution in [3.63, 3.8) is 0 Å². The molecule has 1 aromatic rings. The highest BCUT2D eigenvalue weighted by Gasteiger charge is 2.40. The molecule has 8 heteroatoms. The topological polar surface area (TPSA) is 79.5 Å². The number of pyridine rings is 1. The van der Waals surface area contributed by atoms with E-state index in [1.807, 2.05) is 0 Å². The Kier molecular flexibility index (Phi) is 3.85. The van der Waals surface area contributed by atoms with E-state index in [1.165, 1.54) is 17.0 Å². The predicted octanol–water partition coefficient (Wildman–Crippen LogP) is 0.773. The molecule has 1 aliphatic heterocycles. The largest absolute Gasteiger partial charge is 0.435 e. The smallest absolute Gasteiger partial charge is 0.391 e. The zero-order valence-corrected chi connectivity index (χ0v) is 10.5. The summed E-state index contributed by atoms with van der Waals surface area (Å²) < 4.78 is 38.6. The number of nitrogens with two attached hydrogens (primary N) is 1.